The first-order chi connectivity index (χ1) is 30.6. The molecule has 2 heterocycles. The Balaban J connectivity index is 1.19. The summed E-state index contributed by atoms with van der Waals surface area (Å²) in [4.78, 5) is 77.0. The standard InChI is InChI=1S/C41H51N11O11S/c1-2-45-34(57)28(5-4-15-47-39(44)61)51-36(59)30(20-53)52-35(58)29(6-3-14-46-38(42)43)50-33(56)13-16-48-40(64)49-21-7-10-25-24(17-21)37(60)63-41(25)26-11-8-22(54)18-31(26)62-32-19-23(55)9-12-27(32)41/h7-12,17-19,28-30,53-55H,2-6,13-16,20H2,1H3,(H,45,57)(H,50,56)(H,51,59)(H,52,58)(H4,42,43,46)(H3,44,47,61)(H2,48,49,64)/t28-,29-,30-/m0/s1. The van der Waals surface area contributed by atoms with Crippen LogP contribution in [0.15, 0.2) is 54.6 Å². The van der Waals surface area contributed by atoms with Crippen LogP contribution in [0.1, 0.15) is 66.1 Å². The van der Waals surface area contributed by atoms with E-state index >= 15 is 0 Å². The molecule has 0 aromatic heterocycles. The highest BCUT2D eigenvalue weighted by Crippen LogP contribution is 2.57. The van der Waals surface area contributed by atoms with Crippen molar-refractivity contribution in [1.29, 1.82) is 5.41 Å². The number of anilines is 1. The molecule has 0 saturated carbocycles. The molecule has 22 nitrogen and oxygen atoms in total. The summed E-state index contributed by atoms with van der Waals surface area (Å²) in [6, 6.07) is 9.26. The van der Waals surface area contributed by atoms with Crippen molar-refractivity contribution in [2.75, 3.05) is 38.1 Å². The van der Waals surface area contributed by atoms with Gasteiger partial charge >= 0.3 is 12.0 Å². The number of nitrogens with two attached hydrogens (primary N) is 2. The number of thiocarbonyl (C=S) groups is 1. The number of phenolic OH excluding ortho intramolecular Hbond substituents is 2. The van der Waals surface area contributed by atoms with Gasteiger partial charge in [-0.3, -0.25) is 24.6 Å². The second-order valence-corrected chi connectivity index (χ2v) is 15.1. The van der Waals surface area contributed by atoms with E-state index in [1.807, 2.05) is 0 Å². The van der Waals surface area contributed by atoms with Gasteiger partial charge in [0.15, 0.2) is 16.7 Å². The number of fused-ring (bicyclic) bond motifs is 6. The van der Waals surface area contributed by atoms with Crippen LogP contribution < -0.4 is 58.7 Å². The van der Waals surface area contributed by atoms with E-state index < -0.39 is 66.0 Å². The summed E-state index contributed by atoms with van der Waals surface area (Å²) < 4.78 is 12.1. The van der Waals surface area contributed by atoms with Crippen LogP contribution >= 0.6 is 12.2 Å². The molecule has 2 aliphatic rings. The number of phenols is 2. The Morgan fingerprint density at radius 3 is 1.92 bits per heavy atom. The number of primary amides is 1. The smallest absolute Gasteiger partial charge is 0.340 e. The van der Waals surface area contributed by atoms with Gasteiger partial charge in [0.1, 0.15) is 41.1 Å². The van der Waals surface area contributed by atoms with Gasteiger partial charge in [0.05, 0.1) is 12.2 Å². The van der Waals surface area contributed by atoms with Crippen molar-refractivity contribution >= 4 is 64.6 Å². The molecule has 6 amide bonds. The fourth-order valence-corrected chi connectivity index (χ4v) is 7.36. The summed E-state index contributed by atoms with van der Waals surface area (Å²) in [6.07, 6.45) is 0.493. The zero-order valence-electron chi connectivity index (χ0n) is 34.7. The maximum Gasteiger partial charge on any atom is 0.340 e. The number of nitrogens with one attached hydrogen (secondary N) is 9. The van der Waals surface area contributed by atoms with Gasteiger partial charge in [0.25, 0.3) is 0 Å². The molecule has 0 fully saturated rings. The fraction of sp³-hybridized carbons (Fsp3) is 0.366. The zero-order valence-corrected chi connectivity index (χ0v) is 35.5. The van der Waals surface area contributed by atoms with Gasteiger partial charge < -0.3 is 78.8 Å². The van der Waals surface area contributed by atoms with E-state index in [1.54, 1.807) is 37.3 Å². The molecule has 23 heteroatoms. The van der Waals surface area contributed by atoms with Crippen LogP contribution in [-0.4, -0.2) is 113 Å². The molecule has 342 valence electrons. The highest BCUT2D eigenvalue weighted by molar-refractivity contribution is 7.80. The topological polar surface area (TPSA) is 354 Å². The van der Waals surface area contributed by atoms with E-state index in [-0.39, 0.29) is 97.9 Å². The third kappa shape index (κ3) is 11.7. The SMILES string of the molecule is CCNC(=O)[C@H](CCCNC(N)=O)NC(=O)[C@H](CO)NC(=O)[C@H](CCCNC(=N)N)NC(=O)CCNC(=S)Nc1ccc2c(c1)C(=O)OC21c2ccc(O)cc2Oc2cc(O)ccc21. The summed E-state index contributed by atoms with van der Waals surface area (Å²) in [5.41, 5.74) is 11.0. The Bertz CT molecular complexity index is 2240. The second kappa shape index (κ2) is 21.6. The van der Waals surface area contributed by atoms with Crippen LogP contribution in [0.5, 0.6) is 23.0 Å². The summed E-state index contributed by atoms with van der Waals surface area (Å²) in [7, 11) is 0. The molecule has 16 N–H and O–H groups in total. The molecule has 0 radical (unpaired) electrons. The third-order valence-corrected chi connectivity index (χ3v) is 10.3. The molecule has 3 atom stereocenters. The Labute approximate surface area is 372 Å². The molecule has 5 rings (SSSR count). The molecular weight excluding hydrogens is 855 g/mol. The molecule has 3 aromatic carbocycles. The number of amides is 6. The predicted molar refractivity (Wildman–Crippen MR) is 234 cm³/mol. The summed E-state index contributed by atoms with van der Waals surface area (Å²) >= 11 is 5.46. The number of carbonyl (C=O) groups excluding carboxylic acids is 6. The molecule has 0 saturated heterocycles. The zero-order chi connectivity index (χ0) is 46.6. The number of likely N-dealkylation sites (N-methyl/N-ethyl adjacent to an activating group) is 1. The summed E-state index contributed by atoms with van der Waals surface area (Å²) in [6.45, 7) is 1.43. The minimum absolute atomic E-state index is 0.000899. The lowest BCUT2D eigenvalue weighted by molar-refractivity contribution is -0.134. The van der Waals surface area contributed by atoms with E-state index in [0.29, 0.717) is 22.4 Å². The van der Waals surface area contributed by atoms with Crippen LogP contribution in [-0.2, 0) is 29.5 Å². The van der Waals surface area contributed by atoms with Crippen LogP contribution in [0.4, 0.5) is 10.5 Å². The van der Waals surface area contributed by atoms with Crippen LogP contribution in [0.25, 0.3) is 0 Å². The minimum atomic E-state index is -1.51. The van der Waals surface area contributed by atoms with E-state index in [2.05, 4.69) is 42.5 Å². The Hall–Kier alpha value is -7.40. The van der Waals surface area contributed by atoms with Gasteiger partial charge in [0, 0.05) is 67.1 Å². The lowest BCUT2D eigenvalue weighted by Crippen LogP contribution is -2.58. The van der Waals surface area contributed by atoms with Crippen molar-refractivity contribution in [2.45, 2.75) is 62.8 Å². The highest BCUT2D eigenvalue weighted by Gasteiger charge is 2.53. The molecular formula is C41H51N11O11S. The largest absolute Gasteiger partial charge is 0.508 e. The van der Waals surface area contributed by atoms with E-state index in [0.717, 1.165) is 0 Å². The van der Waals surface area contributed by atoms with Crippen molar-refractivity contribution in [3.05, 3.63) is 76.9 Å². The second-order valence-electron chi connectivity index (χ2n) is 14.7. The van der Waals surface area contributed by atoms with Crippen molar-refractivity contribution < 1.29 is 53.6 Å². The number of carbonyl (C=O) groups is 6. The van der Waals surface area contributed by atoms with E-state index in [1.165, 1.54) is 24.3 Å². The molecule has 64 heavy (non-hydrogen) atoms. The van der Waals surface area contributed by atoms with Gasteiger partial charge in [-0.15, -0.1) is 0 Å². The van der Waals surface area contributed by atoms with Crippen LogP contribution in [0, 0.1) is 5.41 Å². The number of aliphatic hydroxyl groups is 1. The lowest BCUT2D eigenvalue weighted by atomic mass is 9.77. The van der Waals surface area contributed by atoms with Gasteiger partial charge in [-0.1, -0.05) is 6.07 Å². The van der Waals surface area contributed by atoms with Crippen LogP contribution in [0.3, 0.4) is 0 Å². The van der Waals surface area contributed by atoms with Crippen LogP contribution in [0.2, 0.25) is 0 Å². The minimum Gasteiger partial charge on any atom is -0.508 e. The number of hydrogen-bond acceptors (Lipinski definition) is 13. The van der Waals surface area contributed by atoms with Gasteiger partial charge in [-0.25, -0.2) is 9.59 Å². The Kier molecular flexibility index (Phi) is 16.1. The number of aromatic hydroxyl groups is 2. The molecule has 2 aliphatic heterocycles. The normalized spacial score (nSPS) is 14.1. The average molecular weight is 906 g/mol. The van der Waals surface area contributed by atoms with Crippen molar-refractivity contribution in [3.63, 3.8) is 0 Å². The van der Waals surface area contributed by atoms with Crippen molar-refractivity contribution in [3.8, 4) is 23.0 Å². The fourth-order valence-electron chi connectivity index (χ4n) is 7.14. The molecule has 0 bridgehead atoms. The van der Waals surface area contributed by atoms with Gasteiger partial charge in [-0.2, -0.15) is 0 Å². The highest BCUT2D eigenvalue weighted by atomic mass is 32.1. The quantitative estimate of drug-likeness (QED) is 0.0226. The number of aliphatic hydroxyl groups excluding tert-OH is 1. The molecule has 0 unspecified atom stereocenters. The number of rotatable bonds is 20. The van der Waals surface area contributed by atoms with E-state index in [4.69, 9.17) is 38.6 Å². The van der Waals surface area contributed by atoms with E-state index in [9.17, 15) is 44.1 Å². The molecule has 0 aliphatic carbocycles. The number of urea groups is 1. The van der Waals surface area contributed by atoms with Gasteiger partial charge in [0.2, 0.25) is 23.6 Å². The summed E-state index contributed by atoms with van der Waals surface area (Å²) in [5, 5.41) is 58.9. The number of ether oxygens (including phenoxy) is 2. The maximum atomic E-state index is 13.5. The average Bonchev–Trinajstić information content (AvgIpc) is 3.52. The number of benzene rings is 3. The third-order valence-electron chi connectivity index (χ3n) is 10.1. The number of guanidine groups is 1. The molecule has 1 spiro atoms. The van der Waals surface area contributed by atoms with Gasteiger partial charge in [-0.05, 0) is 81.2 Å². The number of hydrogen-bond donors (Lipinski definition) is 14. The summed E-state index contributed by atoms with van der Waals surface area (Å²) in [5.74, 6) is -3.41. The van der Waals surface area contributed by atoms with Crippen molar-refractivity contribution in [1.82, 2.24) is 37.2 Å². The Morgan fingerprint density at radius 2 is 1.33 bits per heavy atom. The number of esters is 1. The first-order valence-corrected chi connectivity index (χ1v) is 20.6. The molecule has 3 aromatic rings. The predicted octanol–water partition coefficient (Wildman–Crippen LogP) is -0.363. The first-order valence-electron chi connectivity index (χ1n) is 20.2. The Morgan fingerprint density at radius 1 is 0.750 bits per heavy atom. The monoisotopic (exact) mass is 905 g/mol. The first kappa shape index (κ1) is 47.6. The lowest BCUT2D eigenvalue weighted by Gasteiger charge is -2.36. The van der Waals surface area contributed by atoms with Crippen molar-refractivity contribution in [2.24, 2.45) is 11.5 Å². The maximum absolute atomic E-state index is 13.5.